The summed E-state index contributed by atoms with van der Waals surface area (Å²) >= 11 is 0. The van der Waals surface area contributed by atoms with Gasteiger partial charge >= 0.3 is 0 Å². The Balaban J connectivity index is 2.58. The summed E-state index contributed by atoms with van der Waals surface area (Å²) in [4.78, 5) is 0. The van der Waals surface area contributed by atoms with Gasteiger partial charge in [-0.2, -0.15) is 5.26 Å². The molecule has 0 radical (unpaired) electrons. The lowest BCUT2D eigenvalue weighted by Crippen LogP contribution is -2.31. The van der Waals surface area contributed by atoms with E-state index in [1.165, 1.54) is 0 Å². The lowest BCUT2D eigenvalue weighted by molar-refractivity contribution is 0.537. The molecule has 0 aliphatic heterocycles. The summed E-state index contributed by atoms with van der Waals surface area (Å²) < 4.78 is 52.0. The van der Waals surface area contributed by atoms with Crippen molar-refractivity contribution in [2.45, 2.75) is 13.5 Å². The van der Waals surface area contributed by atoms with Crippen LogP contribution in [-0.2, 0) is 16.6 Å². The first-order chi connectivity index (χ1) is 9.39. The maximum absolute atomic E-state index is 13.5. The molecule has 110 valence electrons. The van der Waals surface area contributed by atoms with Gasteiger partial charge < -0.3 is 5.32 Å². The molecular weight excluding hydrogens is 288 g/mol. The van der Waals surface area contributed by atoms with Crippen LogP contribution >= 0.6 is 0 Å². The average molecular weight is 303 g/mol. The number of hydrogen-bond acceptors (Lipinski definition) is 4. The minimum Gasteiger partial charge on any atom is -0.311 e. The van der Waals surface area contributed by atoms with Crippen molar-refractivity contribution in [2.24, 2.45) is 0 Å². The Morgan fingerprint density at radius 1 is 1.30 bits per heavy atom. The first kappa shape index (κ1) is 16.5. The molecule has 1 aromatic carbocycles. The smallest absolute Gasteiger partial charge is 0.212 e. The van der Waals surface area contributed by atoms with Gasteiger partial charge in [0.1, 0.15) is 11.6 Å². The highest BCUT2D eigenvalue weighted by molar-refractivity contribution is 7.89. The predicted molar refractivity (Wildman–Crippen MR) is 70.2 cm³/mol. The van der Waals surface area contributed by atoms with Gasteiger partial charge in [-0.05, 0) is 12.1 Å². The Morgan fingerprint density at radius 2 is 1.90 bits per heavy atom. The van der Waals surface area contributed by atoms with Gasteiger partial charge in [0, 0.05) is 25.2 Å². The molecule has 0 saturated heterocycles. The van der Waals surface area contributed by atoms with Gasteiger partial charge in [0.15, 0.2) is 0 Å². The quantitative estimate of drug-likeness (QED) is 0.732. The van der Waals surface area contributed by atoms with Gasteiger partial charge in [0.2, 0.25) is 10.0 Å². The number of sulfonamides is 1. The van der Waals surface area contributed by atoms with Gasteiger partial charge in [0.25, 0.3) is 0 Å². The zero-order valence-electron chi connectivity index (χ0n) is 10.9. The third-order valence-electron chi connectivity index (χ3n) is 2.48. The summed E-state index contributed by atoms with van der Waals surface area (Å²) in [5.41, 5.74) is -0.316. The highest BCUT2D eigenvalue weighted by Crippen LogP contribution is 2.14. The standard InChI is InChI=1S/C12H15F2N3O2S/c1-2-17-20(18,19)4-3-16-8-10-11(13)5-9(7-15)6-12(10)14/h5-6,16-17H,2-4,8H2,1H3. The topological polar surface area (TPSA) is 82.0 Å². The molecule has 0 heterocycles. The number of nitrogens with zero attached hydrogens (tertiary/aromatic N) is 1. The highest BCUT2D eigenvalue weighted by atomic mass is 32.2. The number of rotatable bonds is 7. The zero-order valence-corrected chi connectivity index (χ0v) is 11.7. The molecule has 0 saturated carbocycles. The van der Waals surface area contributed by atoms with E-state index in [9.17, 15) is 17.2 Å². The predicted octanol–water partition coefficient (Wildman–Crippen LogP) is 0.865. The molecule has 0 aromatic heterocycles. The van der Waals surface area contributed by atoms with Crippen molar-refractivity contribution in [3.8, 4) is 6.07 Å². The van der Waals surface area contributed by atoms with E-state index in [1.54, 1.807) is 13.0 Å². The maximum Gasteiger partial charge on any atom is 0.212 e. The molecule has 0 aliphatic rings. The SMILES string of the molecule is CCNS(=O)(=O)CCNCc1c(F)cc(C#N)cc1F. The molecule has 0 spiro atoms. The molecule has 2 N–H and O–H groups in total. The molecule has 1 aromatic rings. The Morgan fingerprint density at radius 3 is 2.40 bits per heavy atom. The van der Waals surface area contributed by atoms with E-state index in [4.69, 9.17) is 5.26 Å². The van der Waals surface area contributed by atoms with Crippen molar-refractivity contribution in [3.63, 3.8) is 0 Å². The molecule has 8 heteroatoms. The van der Waals surface area contributed by atoms with Crippen LogP contribution in [0.1, 0.15) is 18.1 Å². The second-order valence-corrected chi connectivity index (χ2v) is 5.95. The second kappa shape index (κ2) is 7.28. The van der Waals surface area contributed by atoms with E-state index in [-0.39, 0.29) is 30.0 Å². The van der Waals surface area contributed by atoms with Gasteiger partial charge in [-0.25, -0.2) is 21.9 Å². The number of hydrogen-bond donors (Lipinski definition) is 2. The first-order valence-electron chi connectivity index (χ1n) is 5.95. The normalized spacial score (nSPS) is 11.3. The Bertz CT molecular complexity index is 589. The molecule has 1 rings (SSSR count). The first-order valence-corrected chi connectivity index (χ1v) is 7.61. The van der Waals surface area contributed by atoms with Crippen LogP contribution in [0.2, 0.25) is 0 Å². The molecular formula is C12H15F2N3O2S. The van der Waals surface area contributed by atoms with E-state index < -0.39 is 21.7 Å². The van der Waals surface area contributed by atoms with E-state index in [0.717, 1.165) is 12.1 Å². The van der Waals surface area contributed by atoms with Gasteiger partial charge in [-0.15, -0.1) is 0 Å². The fourth-order valence-corrected chi connectivity index (χ4v) is 2.55. The van der Waals surface area contributed by atoms with E-state index in [0.29, 0.717) is 6.54 Å². The zero-order chi connectivity index (χ0) is 15.2. The fourth-order valence-electron chi connectivity index (χ4n) is 1.55. The summed E-state index contributed by atoms with van der Waals surface area (Å²) in [6, 6.07) is 3.53. The molecule has 0 atom stereocenters. The van der Waals surface area contributed by atoms with Crippen LogP contribution in [0.4, 0.5) is 8.78 Å². The van der Waals surface area contributed by atoms with Crippen molar-refractivity contribution in [2.75, 3.05) is 18.8 Å². The largest absolute Gasteiger partial charge is 0.311 e. The number of halogens is 2. The number of nitriles is 1. The van der Waals surface area contributed by atoms with Crippen LogP contribution in [-0.4, -0.2) is 27.3 Å². The lowest BCUT2D eigenvalue weighted by atomic mass is 10.1. The van der Waals surface area contributed by atoms with Crippen LogP contribution < -0.4 is 10.0 Å². The van der Waals surface area contributed by atoms with Crippen LogP contribution in [0.3, 0.4) is 0 Å². The molecule has 0 aliphatic carbocycles. The molecule has 0 fully saturated rings. The minimum absolute atomic E-state index is 0.0637. The molecule has 0 unspecified atom stereocenters. The third kappa shape index (κ3) is 4.85. The number of nitrogens with one attached hydrogen (secondary N) is 2. The van der Waals surface area contributed by atoms with E-state index in [2.05, 4.69) is 10.0 Å². The Kier molecular flexibility index (Phi) is 6.01. The molecule has 0 amide bonds. The van der Waals surface area contributed by atoms with Gasteiger partial charge in [-0.3, -0.25) is 0 Å². The maximum atomic E-state index is 13.5. The van der Waals surface area contributed by atoms with E-state index in [1.807, 2.05) is 0 Å². The molecule has 5 nitrogen and oxygen atoms in total. The van der Waals surface area contributed by atoms with E-state index >= 15 is 0 Å². The monoisotopic (exact) mass is 303 g/mol. The second-order valence-electron chi connectivity index (χ2n) is 4.02. The summed E-state index contributed by atoms with van der Waals surface area (Å²) in [6.45, 7) is 1.87. The lowest BCUT2D eigenvalue weighted by Gasteiger charge is -2.08. The van der Waals surface area contributed by atoms with Gasteiger partial charge in [-0.1, -0.05) is 6.92 Å². The summed E-state index contributed by atoms with van der Waals surface area (Å²) in [5, 5.41) is 11.2. The van der Waals surface area contributed by atoms with Crippen molar-refractivity contribution in [1.29, 1.82) is 5.26 Å². The summed E-state index contributed by atoms with van der Waals surface area (Å²) in [6.07, 6.45) is 0. The average Bonchev–Trinajstić information content (AvgIpc) is 2.36. The van der Waals surface area contributed by atoms with Crippen LogP contribution in [0, 0.1) is 23.0 Å². The van der Waals surface area contributed by atoms with Gasteiger partial charge in [0.05, 0.1) is 17.4 Å². The van der Waals surface area contributed by atoms with Crippen molar-refractivity contribution < 1.29 is 17.2 Å². The minimum atomic E-state index is -3.36. The van der Waals surface area contributed by atoms with Crippen molar-refractivity contribution >= 4 is 10.0 Å². The van der Waals surface area contributed by atoms with Crippen LogP contribution in [0.5, 0.6) is 0 Å². The van der Waals surface area contributed by atoms with Crippen molar-refractivity contribution in [1.82, 2.24) is 10.0 Å². The Labute approximate surface area is 116 Å². The van der Waals surface area contributed by atoms with Crippen molar-refractivity contribution in [3.05, 3.63) is 34.9 Å². The fraction of sp³-hybridized carbons (Fsp3) is 0.417. The number of benzene rings is 1. The molecule has 0 bridgehead atoms. The Hall–Kier alpha value is -1.56. The highest BCUT2D eigenvalue weighted by Gasteiger charge is 2.12. The van der Waals surface area contributed by atoms with Crippen LogP contribution in [0.15, 0.2) is 12.1 Å². The van der Waals surface area contributed by atoms with Crippen LogP contribution in [0.25, 0.3) is 0 Å². The third-order valence-corrected chi connectivity index (χ3v) is 3.95. The molecule has 20 heavy (non-hydrogen) atoms. The summed E-state index contributed by atoms with van der Waals surface area (Å²) in [5.74, 6) is -1.84. The summed E-state index contributed by atoms with van der Waals surface area (Å²) in [7, 11) is -3.36.